The van der Waals surface area contributed by atoms with Gasteiger partial charge in [-0.2, -0.15) is 0 Å². The van der Waals surface area contributed by atoms with Crippen LogP contribution < -0.4 is 10.2 Å². The minimum Gasteiger partial charge on any atom is -0.355 e. The smallest absolute Gasteiger partial charge is 0.223 e. The number of anilines is 1. The van der Waals surface area contributed by atoms with E-state index in [2.05, 4.69) is 47.9 Å². The van der Waals surface area contributed by atoms with Crippen molar-refractivity contribution in [1.82, 2.24) is 35.5 Å². The molecular formula is C20H26N8O. The first-order valence-electron chi connectivity index (χ1n) is 9.90. The summed E-state index contributed by atoms with van der Waals surface area (Å²) in [7, 11) is 4.05. The standard InChI is InChI=1S/C20H26N8O/c1-26(2)14-17(15-6-4-3-5-7-15)21-20(29)16-10-12-27(13-11-16)19-9-8-18-22-24-25-28(18)23-19/h3-9,16-17H,10-14H2,1-2H3,(H,21,29). The predicted molar refractivity (Wildman–Crippen MR) is 109 cm³/mol. The van der Waals surface area contributed by atoms with E-state index in [0.29, 0.717) is 5.65 Å². The highest BCUT2D eigenvalue weighted by atomic mass is 16.2. The number of fused-ring (bicyclic) bond motifs is 1. The van der Waals surface area contributed by atoms with E-state index in [1.54, 1.807) is 0 Å². The largest absolute Gasteiger partial charge is 0.355 e. The summed E-state index contributed by atoms with van der Waals surface area (Å²) in [6.07, 6.45) is 1.59. The van der Waals surface area contributed by atoms with Gasteiger partial charge in [0.25, 0.3) is 0 Å². The van der Waals surface area contributed by atoms with Crippen molar-refractivity contribution in [2.45, 2.75) is 18.9 Å². The highest BCUT2D eigenvalue weighted by molar-refractivity contribution is 5.79. The maximum absolute atomic E-state index is 13.0. The first kappa shape index (κ1) is 19.3. The zero-order valence-electron chi connectivity index (χ0n) is 16.8. The molecule has 0 bridgehead atoms. The summed E-state index contributed by atoms with van der Waals surface area (Å²) in [4.78, 5) is 17.2. The van der Waals surface area contributed by atoms with Crippen LogP contribution in [0.1, 0.15) is 24.4 Å². The third kappa shape index (κ3) is 4.51. The molecule has 29 heavy (non-hydrogen) atoms. The zero-order valence-corrected chi connectivity index (χ0v) is 16.8. The number of likely N-dealkylation sites (N-methyl/N-ethyl adjacent to an activating group) is 1. The Labute approximate surface area is 169 Å². The molecule has 0 spiro atoms. The molecule has 2 aromatic heterocycles. The molecule has 1 aliphatic heterocycles. The molecule has 1 unspecified atom stereocenters. The molecule has 0 saturated carbocycles. The number of hydrogen-bond donors (Lipinski definition) is 1. The second-order valence-corrected chi connectivity index (χ2v) is 7.71. The molecule has 0 radical (unpaired) electrons. The van der Waals surface area contributed by atoms with E-state index in [4.69, 9.17) is 0 Å². The van der Waals surface area contributed by atoms with Crippen molar-refractivity contribution in [1.29, 1.82) is 0 Å². The summed E-state index contributed by atoms with van der Waals surface area (Å²) >= 11 is 0. The lowest BCUT2D eigenvalue weighted by molar-refractivity contribution is -0.126. The van der Waals surface area contributed by atoms with E-state index in [-0.39, 0.29) is 17.9 Å². The molecule has 1 saturated heterocycles. The molecule has 1 aromatic carbocycles. The van der Waals surface area contributed by atoms with Crippen LogP contribution in [0.4, 0.5) is 5.82 Å². The van der Waals surface area contributed by atoms with Crippen LogP contribution in [0.2, 0.25) is 0 Å². The average molecular weight is 394 g/mol. The number of aromatic nitrogens is 5. The Kier molecular flexibility index (Phi) is 5.66. The SMILES string of the molecule is CN(C)CC(NC(=O)C1CCN(c2ccc3nnnn3n2)CC1)c1ccccc1. The molecule has 1 amide bonds. The fourth-order valence-electron chi connectivity index (χ4n) is 3.75. The molecule has 9 nitrogen and oxygen atoms in total. The van der Waals surface area contributed by atoms with Gasteiger partial charge in [-0.25, -0.2) is 0 Å². The van der Waals surface area contributed by atoms with Gasteiger partial charge in [0.2, 0.25) is 5.91 Å². The summed E-state index contributed by atoms with van der Waals surface area (Å²) in [6, 6.07) is 13.9. The Balaban J connectivity index is 1.37. The van der Waals surface area contributed by atoms with E-state index in [1.807, 2.05) is 44.4 Å². The molecule has 3 heterocycles. The van der Waals surface area contributed by atoms with Crippen molar-refractivity contribution in [3.63, 3.8) is 0 Å². The highest BCUT2D eigenvalue weighted by Crippen LogP contribution is 2.23. The second-order valence-electron chi connectivity index (χ2n) is 7.71. The molecule has 1 atom stereocenters. The van der Waals surface area contributed by atoms with Gasteiger partial charge in [0.15, 0.2) is 11.5 Å². The van der Waals surface area contributed by atoms with Crippen LogP contribution in [0.15, 0.2) is 42.5 Å². The Morgan fingerprint density at radius 3 is 2.66 bits per heavy atom. The Morgan fingerprint density at radius 2 is 1.93 bits per heavy atom. The lowest BCUT2D eigenvalue weighted by Gasteiger charge is -2.33. The number of tetrazole rings is 1. The fraction of sp³-hybridized carbons (Fsp3) is 0.450. The van der Waals surface area contributed by atoms with E-state index < -0.39 is 0 Å². The van der Waals surface area contributed by atoms with E-state index in [1.165, 1.54) is 4.63 Å². The molecule has 4 rings (SSSR count). The van der Waals surface area contributed by atoms with Gasteiger partial charge in [-0.1, -0.05) is 30.3 Å². The van der Waals surface area contributed by atoms with Crippen molar-refractivity contribution in [2.75, 3.05) is 38.6 Å². The van der Waals surface area contributed by atoms with Crippen LogP contribution in [-0.2, 0) is 4.79 Å². The number of nitrogens with zero attached hydrogens (tertiary/aromatic N) is 7. The number of benzene rings is 1. The molecule has 1 aliphatic rings. The number of carbonyl (C=O) groups is 1. The van der Waals surface area contributed by atoms with Gasteiger partial charge < -0.3 is 15.1 Å². The minimum atomic E-state index is -0.0133. The molecular weight excluding hydrogens is 368 g/mol. The van der Waals surface area contributed by atoms with Crippen LogP contribution in [0.5, 0.6) is 0 Å². The Morgan fingerprint density at radius 1 is 1.17 bits per heavy atom. The Bertz CT molecular complexity index is 949. The van der Waals surface area contributed by atoms with Gasteiger partial charge in [0.1, 0.15) is 0 Å². The van der Waals surface area contributed by atoms with Crippen LogP contribution in [-0.4, -0.2) is 69.8 Å². The number of piperidine rings is 1. The van der Waals surface area contributed by atoms with Gasteiger partial charge >= 0.3 is 0 Å². The lowest BCUT2D eigenvalue weighted by Crippen LogP contribution is -2.43. The highest BCUT2D eigenvalue weighted by Gasteiger charge is 2.28. The van der Waals surface area contributed by atoms with Crippen molar-refractivity contribution < 1.29 is 4.79 Å². The summed E-state index contributed by atoms with van der Waals surface area (Å²) in [5, 5.41) is 19.1. The topological polar surface area (TPSA) is 91.5 Å². The molecule has 0 aliphatic carbocycles. The summed E-state index contributed by atoms with van der Waals surface area (Å²) in [5.41, 5.74) is 1.75. The summed E-state index contributed by atoms with van der Waals surface area (Å²) in [5.74, 6) is 0.971. The van der Waals surface area contributed by atoms with Crippen molar-refractivity contribution in [3.8, 4) is 0 Å². The number of rotatable bonds is 6. The summed E-state index contributed by atoms with van der Waals surface area (Å²) in [6.45, 7) is 2.33. The first-order chi connectivity index (χ1) is 14.1. The van der Waals surface area contributed by atoms with Gasteiger partial charge in [0.05, 0.1) is 6.04 Å². The average Bonchev–Trinajstić information content (AvgIpc) is 3.21. The molecule has 9 heteroatoms. The van der Waals surface area contributed by atoms with Crippen molar-refractivity contribution in [3.05, 3.63) is 48.0 Å². The normalized spacial score (nSPS) is 16.3. The number of carbonyl (C=O) groups excluding carboxylic acids is 1. The second kappa shape index (κ2) is 8.52. The van der Waals surface area contributed by atoms with Gasteiger partial charge in [0, 0.05) is 25.6 Å². The third-order valence-corrected chi connectivity index (χ3v) is 5.31. The van der Waals surface area contributed by atoms with Crippen LogP contribution in [0.3, 0.4) is 0 Å². The van der Waals surface area contributed by atoms with Gasteiger partial charge in [-0.3, -0.25) is 4.79 Å². The number of nitrogens with one attached hydrogen (secondary N) is 1. The zero-order chi connectivity index (χ0) is 20.2. The molecule has 1 fully saturated rings. The third-order valence-electron chi connectivity index (χ3n) is 5.31. The van der Waals surface area contributed by atoms with E-state index in [9.17, 15) is 4.79 Å². The molecule has 152 valence electrons. The van der Waals surface area contributed by atoms with Crippen molar-refractivity contribution in [2.24, 2.45) is 5.92 Å². The molecule has 1 N–H and O–H groups in total. The summed E-state index contributed by atoms with van der Waals surface area (Å²) < 4.78 is 1.43. The van der Waals surface area contributed by atoms with E-state index >= 15 is 0 Å². The van der Waals surface area contributed by atoms with Gasteiger partial charge in [-0.15, -0.1) is 14.8 Å². The van der Waals surface area contributed by atoms with Gasteiger partial charge in [-0.05, 0) is 55.1 Å². The maximum atomic E-state index is 13.0. The number of hydrogen-bond acceptors (Lipinski definition) is 7. The molecule has 3 aromatic rings. The lowest BCUT2D eigenvalue weighted by atomic mass is 9.95. The first-order valence-corrected chi connectivity index (χ1v) is 9.90. The maximum Gasteiger partial charge on any atom is 0.223 e. The van der Waals surface area contributed by atoms with Crippen LogP contribution in [0.25, 0.3) is 5.65 Å². The van der Waals surface area contributed by atoms with Crippen LogP contribution >= 0.6 is 0 Å². The van der Waals surface area contributed by atoms with Crippen LogP contribution in [0, 0.1) is 5.92 Å². The fourth-order valence-corrected chi connectivity index (χ4v) is 3.75. The quantitative estimate of drug-likeness (QED) is 0.671. The number of amides is 1. The van der Waals surface area contributed by atoms with E-state index in [0.717, 1.165) is 43.9 Å². The monoisotopic (exact) mass is 394 g/mol. The minimum absolute atomic E-state index is 0.0105. The Hall–Kier alpha value is -3.07. The predicted octanol–water partition coefficient (Wildman–Crippen LogP) is 1.15. The van der Waals surface area contributed by atoms with Crippen molar-refractivity contribution >= 4 is 17.4 Å².